The van der Waals surface area contributed by atoms with Crippen LogP contribution in [0.5, 0.6) is 0 Å². The van der Waals surface area contributed by atoms with Gasteiger partial charge >= 0.3 is 0 Å². The first kappa shape index (κ1) is 14.1. The van der Waals surface area contributed by atoms with Crippen LogP contribution in [-0.2, 0) is 10.0 Å². The maximum absolute atomic E-state index is 11.2. The van der Waals surface area contributed by atoms with Crippen molar-refractivity contribution in [3.63, 3.8) is 0 Å². The van der Waals surface area contributed by atoms with Crippen LogP contribution < -0.4 is 16.2 Å². The van der Waals surface area contributed by atoms with Crippen molar-refractivity contribution in [1.29, 1.82) is 0 Å². The van der Waals surface area contributed by atoms with Crippen molar-refractivity contribution in [1.82, 2.24) is 0 Å². The predicted molar refractivity (Wildman–Crippen MR) is 77.2 cm³/mol. The zero-order valence-electron chi connectivity index (χ0n) is 11.3. The van der Waals surface area contributed by atoms with E-state index in [2.05, 4.69) is 19.2 Å². The molecule has 1 saturated carbocycles. The molecule has 0 radical (unpaired) electrons. The van der Waals surface area contributed by atoms with E-state index < -0.39 is 10.0 Å². The van der Waals surface area contributed by atoms with Gasteiger partial charge in [-0.05, 0) is 42.9 Å². The van der Waals surface area contributed by atoms with E-state index in [0.29, 0.717) is 23.6 Å². The summed E-state index contributed by atoms with van der Waals surface area (Å²) in [6, 6.07) is 4.96. The van der Waals surface area contributed by atoms with Crippen LogP contribution in [0.4, 0.5) is 11.4 Å². The van der Waals surface area contributed by atoms with Crippen LogP contribution >= 0.6 is 0 Å². The van der Waals surface area contributed by atoms with Gasteiger partial charge in [0, 0.05) is 6.04 Å². The van der Waals surface area contributed by atoms with E-state index in [9.17, 15) is 8.42 Å². The van der Waals surface area contributed by atoms with Crippen molar-refractivity contribution in [2.24, 2.45) is 17.0 Å². The molecule has 1 aliphatic carbocycles. The largest absolute Gasteiger partial charge is 0.397 e. The number of anilines is 2. The summed E-state index contributed by atoms with van der Waals surface area (Å²) in [4.78, 5) is 0.0448. The molecule has 106 valence electrons. The van der Waals surface area contributed by atoms with Crippen molar-refractivity contribution >= 4 is 21.4 Å². The number of nitrogen functional groups attached to an aromatic ring is 1. The lowest BCUT2D eigenvalue weighted by atomic mass is 9.97. The van der Waals surface area contributed by atoms with Crippen molar-refractivity contribution in [2.75, 3.05) is 11.1 Å². The van der Waals surface area contributed by atoms with Crippen LogP contribution in [-0.4, -0.2) is 14.5 Å². The first-order chi connectivity index (χ1) is 8.79. The number of sulfonamides is 1. The number of nitrogens with two attached hydrogens (primary N) is 2. The molecular weight excluding hydrogens is 262 g/mol. The monoisotopic (exact) mass is 283 g/mol. The van der Waals surface area contributed by atoms with Gasteiger partial charge in [-0.1, -0.05) is 13.8 Å². The minimum absolute atomic E-state index is 0.0448. The SMILES string of the molecule is CC1CCC(Nc2ccc(S(N)(=O)=O)cc2N)C1C. The number of nitrogens with one attached hydrogen (secondary N) is 1. The molecule has 1 aromatic rings. The normalized spacial score (nSPS) is 27.4. The Bertz CT molecular complexity index is 571. The Morgan fingerprint density at radius 3 is 2.42 bits per heavy atom. The summed E-state index contributed by atoms with van der Waals surface area (Å²) in [5.41, 5.74) is 7.09. The Morgan fingerprint density at radius 2 is 1.95 bits per heavy atom. The average Bonchev–Trinajstić information content (AvgIpc) is 2.62. The number of primary sulfonamides is 1. The lowest BCUT2D eigenvalue weighted by Gasteiger charge is -2.22. The molecule has 1 fully saturated rings. The molecule has 6 heteroatoms. The molecule has 0 aromatic heterocycles. The van der Waals surface area contributed by atoms with Crippen molar-refractivity contribution in [2.45, 2.75) is 37.6 Å². The van der Waals surface area contributed by atoms with E-state index in [1.54, 1.807) is 6.07 Å². The van der Waals surface area contributed by atoms with Gasteiger partial charge in [0.1, 0.15) is 0 Å². The highest BCUT2D eigenvalue weighted by atomic mass is 32.2. The smallest absolute Gasteiger partial charge is 0.238 e. The molecule has 0 aliphatic heterocycles. The number of hydrogen-bond acceptors (Lipinski definition) is 4. The molecule has 3 unspecified atom stereocenters. The summed E-state index contributed by atoms with van der Waals surface area (Å²) in [6.07, 6.45) is 2.31. The summed E-state index contributed by atoms with van der Waals surface area (Å²) >= 11 is 0. The van der Waals surface area contributed by atoms with Crippen LogP contribution in [0.15, 0.2) is 23.1 Å². The van der Waals surface area contributed by atoms with Gasteiger partial charge in [-0.2, -0.15) is 0 Å². The quantitative estimate of drug-likeness (QED) is 0.736. The average molecular weight is 283 g/mol. The lowest BCUT2D eigenvalue weighted by Crippen LogP contribution is -2.24. The Morgan fingerprint density at radius 1 is 1.26 bits per heavy atom. The standard InChI is InChI=1S/C13H21N3O2S/c1-8-3-5-12(9(8)2)16-13-6-4-10(7-11(13)14)19(15,17)18/h4,6-9,12,16H,3,5,14H2,1-2H3,(H2,15,17,18). The molecule has 1 aliphatic rings. The van der Waals surface area contributed by atoms with Gasteiger partial charge in [-0.15, -0.1) is 0 Å². The fourth-order valence-electron chi connectivity index (χ4n) is 2.62. The molecule has 3 atom stereocenters. The minimum Gasteiger partial charge on any atom is -0.397 e. The van der Waals surface area contributed by atoms with Gasteiger partial charge in [0.15, 0.2) is 0 Å². The zero-order chi connectivity index (χ0) is 14.2. The van der Waals surface area contributed by atoms with E-state index in [0.717, 1.165) is 12.1 Å². The summed E-state index contributed by atoms with van der Waals surface area (Å²) in [5.74, 6) is 1.28. The van der Waals surface area contributed by atoms with E-state index in [-0.39, 0.29) is 4.90 Å². The second-order valence-electron chi connectivity index (χ2n) is 5.46. The molecule has 1 aromatic carbocycles. The fourth-order valence-corrected chi connectivity index (χ4v) is 3.17. The second-order valence-corrected chi connectivity index (χ2v) is 7.02. The lowest BCUT2D eigenvalue weighted by molar-refractivity contribution is 0.435. The van der Waals surface area contributed by atoms with Gasteiger partial charge in [0.2, 0.25) is 10.0 Å². The Hall–Kier alpha value is -1.27. The third-order valence-corrected chi connectivity index (χ3v) is 5.07. The molecule has 2 rings (SSSR count). The summed E-state index contributed by atoms with van der Waals surface area (Å²) in [6.45, 7) is 4.48. The molecule has 0 amide bonds. The second kappa shape index (κ2) is 5.02. The third kappa shape index (κ3) is 3.01. The van der Waals surface area contributed by atoms with E-state index in [4.69, 9.17) is 10.9 Å². The summed E-state index contributed by atoms with van der Waals surface area (Å²) in [7, 11) is -3.70. The van der Waals surface area contributed by atoms with Crippen LogP contribution in [0.2, 0.25) is 0 Å². The van der Waals surface area contributed by atoms with E-state index in [1.807, 2.05) is 0 Å². The topological polar surface area (TPSA) is 98.2 Å². The molecule has 0 bridgehead atoms. The van der Waals surface area contributed by atoms with Gasteiger partial charge in [0.25, 0.3) is 0 Å². The van der Waals surface area contributed by atoms with Crippen LogP contribution in [0.1, 0.15) is 26.7 Å². The van der Waals surface area contributed by atoms with Crippen molar-refractivity contribution < 1.29 is 8.42 Å². The van der Waals surface area contributed by atoms with E-state index in [1.165, 1.54) is 18.6 Å². The zero-order valence-corrected chi connectivity index (χ0v) is 12.1. The highest BCUT2D eigenvalue weighted by Crippen LogP contribution is 2.34. The van der Waals surface area contributed by atoms with Crippen molar-refractivity contribution in [3.05, 3.63) is 18.2 Å². The van der Waals surface area contributed by atoms with E-state index >= 15 is 0 Å². The Balaban J connectivity index is 2.19. The number of rotatable bonds is 3. The maximum Gasteiger partial charge on any atom is 0.238 e. The predicted octanol–water partition coefficient (Wildman–Crippen LogP) is 1.76. The van der Waals surface area contributed by atoms with Crippen molar-refractivity contribution in [3.8, 4) is 0 Å². The molecule has 0 heterocycles. The highest BCUT2D eigenvalue weighted by Gasteiger charge is 2.29. The first-order valence-corrected chi connectivity index (χ1v) is 8.02. The Kier molecular flexibility index (Phi) is 3.73. The van der Waals surface area contributed by atoms with Gasteiger partial charge in [-0.3, -0.25) is 0 Å². The van der Waals surface area contributed by atoms with Gasteiger partial charge < -0.3 is 11.1 Å². The summed E-state index contributed by atoms with van der Waals surface area (Å²) < 4.78 is 22.5. The highest BCUT2D eigenvalue weighted by molar-refractivity contribution is 7.89. The number of benzene rings is 1. The Labute approximate surface area is 114 Å². The van der Waals surface area contributed by atoms with Gasteiger partial charge in [0.05, 0.1) is 16.3 Å². The molecule has 19 heavy (non-hydrogen) atoms. The summed E-state index contributed by atoms with van der Waals surface area (Å²) in [5, 5.41) is 8.48. The first-order valence-electron chi connectivity index (χ1n) is 6.48. The molecule has 0 saturated heterocycles. The van der Waals surface area contributed by atoms with Crippen LogP contribution in [0.3, 0.4) is 0 Å². The number of hydrogen-bond donors (Lipinski definition) is 3. The van der Waals surface area contributed by atoms with Crippen LogP contribution in [0.25, 0.3) is 0 Å². The van der Waals surface area contributed by atoms with Crippen LogP contribution in [0, 0.1) is 11.8 Å². The third-order valence-electron chi connectivity index (χ3n) is 4.16. The van der Waals surface area contributed by atoms with Gasteiger partial charge in [-0.25, -0.2) is 13.6 Å². The minimum atomic E-state index is -3.70. The fraction of sp³-hybridized carbons (Fsp3) is 0.538. The molecule has 5 nitrogen and oxygen atoms in total. The maximum atomic E-state index is 11.2. The molecular formula is C13H21N3O2S. The molecule has 0 spiro atoms. The molecule has 5 N–H and O–H groups in total.